The lowest BCUT2D eigenvalue weighted by Crippen LogP contribution is -2.01. The summed E-state index contributed by atoms with van der Waals surface area (Å²) in [5, 5.41) is 3.30. The van der Waals surface area contributed by atoms with Crippen molar-refractivity contribution in [3.8, 4) is 11.5 Å². The minimum atomic E-state index is -0.249. The molecule has 110 valence electrons. The van der Waals surface area contributed by atoms with Crippen molar-refractivity contribution in [2.24, 2.45) is 0 Å². The fourth-order valence-electron chi connectivity index (χ4n) is 2.14. The van der Waals surface area contributed by atoms with Crippen LogP contribution >= 0.6 is 15.9 Å². The van der Waals surface area contributed by atoms with E-state index < -0.39 is 0 Å². The number of halogens is 2. The van der Waals surface area contributed by atoms with Crippen LogP contribution in [0, 0.1) is 5.82 Å². The average molecular weight is 352 g/mol. The third kappa shape index (κ3) is 3.47. The largest absolute Gasteiger partial charge is 0.490 e. The molecule has 0 atom stereocenters. The number of nitrogens with one attached hydrogen (secondary N) is 1. The van der Waals surface area contributed by atoms with Crippen LogP contribution in [0.5, 0.6) is 11.5 Å². The fourth-order valence-corrected chi connectivity index (χ4v) is 2.63. The van der Waals surface area contributed by atoms with Gasteiger partial charge in [0.05, 0.1) is 13.2 Å². The molecule has 0 fully saturated rings. The first kappa shape index (κ1) is 14.2. The van der Waals surface area contributed by atoms with Gasteiger partial charge in [0.2, 0.25) is 0 Å². The third-order valence-electron chi connectivity index (χ3n) is 3.25. The van der Waals surface area contributed by atoms with Crippen LogP contribution in [0.4, 0.5) is 10.1 Å². The highest BCUT2D eigenvalue weighted by molar-refractivity contribution is 9.10. The van der Waals surface area contributed by atoms with Crippen LogP contribution in [0.3, 0.4) is 0 Å². The lowest BCUT2D eigenvalue weighted by molar-refractivity contribution is 0.297. The van der Waals surface area contributed by atoms with Gasteiger partial charge in [0, 0.05) is 29.2 Å². The monoisotopic (exact) mass is 351 g/mol. The van der Waals surface area contributed by atoms with Gasteiger partial charge in [-0.15, -0.1) is 0 Å². The molecule has 1 aliphatic heterocycles. The summed E-state index contributed by atoms with van der Waals surface area (Å²) in [5.41, 5.74) is 1.93. The molecule has 0 saturated heterocycles. The molecule has 2 aromatic rings. The van der Waals surface area contributed by atoms with E-state index in [1.807, 2.05) is 18.2 Å². The minimum absolute atomic E-state index is 0.249. The average Bonchev–Trinajstić information content (AvgIpc) is 2.71. The number of anilines is 1. The number of hydrogen-bond donors (Lipinski definition) is 1. The fraction of sp³-hybridized carbons (Fsp3) is 0.250. The third-order valence-corrected chi connectivity index (χ3v) is 3.98. The SMILES string of the molecule is Fc1ccc(CNc2ccc3c(c2)OCCCO3)c(Br)c1. The zero-order valence-electron chi connectivity index (χ0n) is 11.4. The highest BCUT2D eigenvalue weighted by Gasteiger charge is 2.10. The molecule has 0 radical (unpaired) electrons. The molecule has 1 aliphatic rings. The number of hydrogen-bond acceptors (Lipinski definition) is 3. The van der Waals surface area contributed by atoms with Gasteiger partial charge < -0.3 is 14.8 Å². The van der Waals surface area contributed by atoms with E-state index in [0.717, 1.165) is 33.6 Å². The normalized spacial score (nSPS) is 13.6. The second-order valence-corrected chi connectivity index (χ2v) is 5.66. The van der Waals surface area contributed by atoms with Gasteiger partial charge in [0.1, 0.15) is 5.82 Å². The Morgan fingerprint density at radius 1 is 1.05 bits per heavy atom. The Hall–Kier alpha value is -1.75. The summed E-state index contributed by atoms with van der Waals surface area (Å²) in [6.45, 7) is 1.95. The van der Waals surface area contributed by atoms with Gasteiger partial charge in [-0.2, -0.15) is 0 Å². The number of rotatable bonds is 3. The van der Waals surface area contributed by atoms with Crippen LogP contribution in [0.1, 0.15) is 12.0 Å². The first-order chi connectivity index (χ1) is 10.2. The maximum absolute atomic E-state index is 13.1. The Labute approximate surface area is 131 Å². The Balaban J connectivity index is 1.72. The number of benzene rings is 2. The molecule has 0 aliphatic carbocycles. The smallest absolute Gasteiger partial charge is 0.163 e. The number of ether oxygens (including phenoxy) is 2. The minimum Gasteiger partial charge on any atom is -0.490 e. The van der Waals surface area contributed by atoms with E-state index in [2.05, 4.69) is 21.2 Å². The summed E-state index contributed by atoms with van der Waals surface area (Å²) in [5.74, 6) is 1.29. The van der Waals surface area contributed by atoms with Crippen molar-refractivity contribution in [3.63, 3.8) is 0 Å². The van der Waals surface area contributed by atoms with Crippen molar-refractivity contribution in [1.29, 1.82) is 0 Å². The van der Waals surface area contributed by atoms with Crippen molar-refractivity contribution < 1.29 is 13.9 Å². The summed E-state index contributed by atoms with van der Waals surface area (Å²) in [6.07, 6.45) is 0.889. The zero-order chi connectivity index (χ0) is 14.7. The van der Waals surface area contributed by atoms with E-state index in [1.165, 1.54) is 12.1 Å². The molecule has 0 unspecified atom stereocenters. The Morgan fingerprint density at radius 3 is 2.67 bits per heavy atom. The molecule has 0 amide bonds. The van der Waals surface area contributed by atoms with Crippen LogP contribution in [0.15, 0.2) is 40.9 Å². The predicted octanol–water partition coefficient (Wildman–Crippen LogP) is 4.36. The van der Waals surface area contributed by atoms with Crippen LogP contribution in [-0.2, 0) is 6.54 Å². The molecule has 0 spiro atoms. The van der Waals surface area contributed by atoms with Gasteiger partial charge in [0.15, 0.2) is 11.5 Å². The Morgan fingerprint density at radius 2 is 1.86 bits per heavy atom. The van der Waals surface area contributed by atoms with Gasteiger partial charge in [-0.05, 0) is 29.8 Å². The second kappa shape index (κ2) is 6.35. The predicted molar refractivity (Wildman–Crippen MR) is 83.5 cm³/mol. The van der Waals surface area contributed by atoms with E-state index >= 15 is 0 Å². The molecule has 5 heteroatoms. The van der Waals surface area contributed by atoms with Crippen LogP contribution < -0.4 is 14.8 Å². The van der Waals surface area contributed by atoms with Gasteiger partial charge in [-0.25, -0.2) is 4.39 Å². The van der Waals surface area contributed by atoms with Gasteiger partial charge in [0.25, 0.3) is 0 Å². The molecular weight excluding hydrogens is 337 g/mol. The quantitative estimate of drug-likeness (QED) is 0.890. The first-order valence-corrected chi connectivity index (χ1v) is 7.59. The van der Waals surface area contributed by atoms with Crippen LogP contribution in [0.2, 0.25) is 0 Å². The molecule has 0 bridgehead atoms. The molecule has 3 nitrogen and oxygen atoms in total. The maximum atomic E-state index is 13.1. The zero-order valence-corrected chi connectivity index (χ0v) is 13.0. The standard InChI is InChI=1S/C16H15BrFNO2/c17-14-8-12(18)3-2-11(14)10-19-13-4-5-15-16(9-13)21-7-1-6-20-15/h2-5,8-9,19H,1,6-7,10H2. The molecular formula is C16H15BrFNO2. The van der Waals surface area contributed by atoms with Gasteiger partial charge in [-0.1, -0.05) is 22.0 Å². The Kier molecular flexibility index (Phi) is 4.29. The van der Waals surface area contributed by atoms with Crippen molar-refractivity contribution in [3.05, 3.63) is 52.3 Å². The summed E-state index contributed by atoms with van der Waals surface area (Å²) < 4.78 is 25.1. The van der Waals surface area contributed by atoms with E-state index in [-0.39, 0.29) is 5.82 Å². The van der Waals surface area contributed by atoms with Crippen LogP contribution in [-0.4, -0.2) is 13.2 Å². The van der Waals surface area contributed by atoms with Crippen molar-refractivity contribution in [2.45, 2.75) is 13.0 Å². The number of fused-ring (bicyclic) bond motifs is 1. The maximum Gasteiger partial charge on any atom is 0.163 e. The lowest BCUT2D eigenvalue weighted by atomic mass is 10.2. The summed E-state index contributed by atoms with van der Waals surface area (Å²) in [6, 6.07) is 10.5. The lowest BCUT2D eigenvalue weighted by Gasteiger charge is -2.12. The molecule has 2 aromatic carbocycles. The van der Waals surface area contributed by atoms with Crippen LogP contribution in [0.25, 0.3) is 0 Å². The van der Waals surface area contributed by atoms with Gasteiger partial charge >= 0.3 is 0 Å². The molecule has 1 heterocycles. The molecule has 1 N–H and O–H groups in total. The van der Waals surface area contributed by atoms with E-state index in [4.69, 9.17) is 9.47 Å². The van der Waals surface area contributed by atoms with E-state index in [0.29, 0.717) is 19.8 Å². The second-order valence-electron chi connectivity index (χ2n) is 4.80. The molecule has 21 heavy (non-hydrogen) atoms. The topological polar surface area (TPSA) is 30.5 Å². The highest BCUT2D eigenvalue weighted by atomic mass is 79.9. The Bertz CT molecular complexity index is 648. The first-order valence-electron chi connectivity index (χ1n) is 6.80. The van der Waals surface area contributed by atoms with Crippen molar-refractivity contribution >= 4 is 21.6 Å². The highest BCUT2D eigenvalue weighted by Crippen LogP contribution is 2.32. The van der Waals surface area contributed by atoms with Crippen molar-refractivity contribution in [1.82, 2.24) is 0 Å². The van der Waals surface area contributed by atoms with E-state index in [1.54, 1.807) is 6.07 Å². The van der Waals surface area contributed by atoms with Crippen molar-refractivity contribution in [2.75, 3.05) is 18.5 Å². The molecule has 0 aromatic heterocycles. The van der Waals surface area contributed by atoms with Gasteiger partial charge in [-0.3, -0.25) is 0 Å². The molecule has 3 rings (SSSR count). The summed E-state index contributed by atoms with van der Waals surface area (Å²) >= 11 is 3.37. The van der Waals surface area contributed by atoms with E-state index in [9.17, 15) is 4.39 Å². The molecule has 0 saturated carbocycles. The summed E-state index contributed by atoms with van der Waals surface area (Å²) in [7, 11) is 0. The summed E-state index contributed by atoms with van der Waals surface area (Å²) in [4.78, 5) is 0.